The third-order valence-corrected chi connectivity index (χ3v) is 5.16. The van der Waals surface area contributed by atoms with Gasteiger partial charge in [0.15, 0.2) is 0 Å². The Bertz CT molecular complexity index is 903. The third kappa shape index (κ3) is 4.54. The van der Waals surface area contributed by atoms with Gasteiger partial charge in [-0.1, -0.05) is 24.3 Å². The van der Waals surface area contributed by atoms with E-state index in [1.165, 1.54) is 7.11 Å². The van der Waals surface area contributed by atoms with Crippen molar-refractivity contribution in [2.45, 2.75) is 20.8 Å². The van der Waals surface area contributed by atoms with Crippen LogP contribution >= 0.6 is 0 Å². The van der Waals surface area contributed by atoms with Gasteiger partial charge in [-0.15, -0.1) is 0 Å². The summed E-state index contributed by atoms with van der Waals surface area (Å²) in [5, 5.41) is 2.82. The number of hydrogen-bond donors (Lipinski definition) is 1. The Morgan fingerprint density at radius 2 is 1.73 bits per heavy atom. The Kier molecular flexibility index (Phi) is 5.92. The van der Waals surface area contributed by atoms with Gasteiger partial charge in [-0.3, -0.25) is 9.10 Å². The predicted molar refractivity (Wildman–Crippen MR) is 104 cm³/mol. The van der Waals surface area contributed by atoms with E-state index in [4.69, 9.17) is 4.74 Å². The SMILES string of the molecule is COc1ccc(C)cc1N(CC(=O)Nc1c(C)cccc1C)S(C)(=O)=O. The minimum absolute atomic E-state index is 0.339. The maximum absolute atomic E-state index is 12.6. The van der Waals surface area contributed by atoms with E-state index in [1.807, 2.05) is 45.0 Å². The average Bonchev–Trinajstić information content (AvgIpc) is 2.55. The van der Waals surface area contributed by atoms with Gasteiger partial charge in [-0.2, -0.15) is 0 Å². The summed E-state index contributed by atoms with van der Waals surface area (Å²) < 4.78 is 31.0. The number of nitrogens with zero attached hydrogens (tertiary/aromatic N) is 1. The molecule has 0 radical (unpaired) electrons. The van der Waals surface area contributed by atoms with Crippen LogP contribution in [0.1, 0.15) is 16.7 Å². The van der Waals surface area contributed by atoms with Crippen molar-refractivity contribution in [3.8, 4) is 5.75 Å². The fraction of sp³-hybridized carbons (Fsp3) is 0.316. The molecule has 0 aliphatic carbocycles. The normalized spacial score (nSPS) is 11.1. The molecule has 7 heteroatoms. The van der Waals surface area contributed by atoms with E-state index in [9.17, 15) is 13.2 Å². The summed E-state index contributed by atoms with van der Waals surface area (Å²) in [6.07, 6.45) is 1.07. The molecule has 2 aromatic carbocycles. The summed E-state index contributed by atoms with van der Waals surface area (Å²) in [6, 6.07) is 10.9. The highest BCUT2D eigenvalue weighted by molar-refractivity contribution is 7.92. The molecule has 140 valence electrons. The molecule has 0 aliphatic rings. The molecule has 2 aromatic rings. The first-order valence-corrected chi connectivity index (χ1v) is 9.96. The molecule has 6 nitrogen and oxygen atoms in total. The number of carbonyl (C=O) groups excluding carboxylic acids is 1. The maximum Gasteiger partial charge on any atom is 0.245 e. The second kappa shape index (κ2) is 7.78. The molecular formula is C19H24N2O4S. The van der Waals surface area contributed by atoms with E-state index in [-0.39, 0.29) is 6.54 Å². The van der Waals surface area contributed by atoms with Crippen molar-refractivity contribution >= 4 is 27.3 Å². The van der Waals surface area contributed by atoms with Crippen LogP contribution in [0.15, 0.2) is 36.4 Å². The molecule has 0 bridgehead atoms. The molecule has 26 heavy (non-hydrogen) atoms. The third-order valence-electron chi connectivity index (χ3n) is 4.04. The quantitative estimate of drug-likeness (QED) is 0.841. The molecule has 0 heterocycles. The van der Waals surface area contributed by atoms with Gasteiger partial charge in [-0.25, -0.2) is 8.42 Å². The summed E-state index contributed by atoms with van der Waals surface area (Å²) in [5.74, 6) is -0.0303. The summed E-state index contributed by atoms with van der Waals surface area (Å²) >= 11 is 0. The van der Waals surface area contributed by atoms with Crippen molar-refractivity contribution in [1.82, 2.24) is 0 Å². The number of para-hydroxylation sites is 1. The Morgan fingerprint density at radius 1 is 1.12 bits per heavy atom. The highest BCUT2D eigenvalue weighted by Crippen LogP contribution is 2.31. The molecule has 0 unspecified atom stereocenters. The van der Waals surface area contributed by atoms with Crippen molar-refractivity contribution in [3.63, 3.8) is 0 Å². The zero-order chi connectivity index (χ0) is 19.5. The first kappa shape index (κ1) is 19.8. The monoisotopic (exact) mass is 376 g/mol. The van der Waals surface area contributed by atoms with Gasteiger partial charge < -0.3 is 10.1 Å². The number of rotatable bonds is 6. The molecule has 0 aromatic heterocycles. The van der Waals surface area contributed by atoms with Crippen LogP contribution in [0.2, 0.25) is 0 Å². The van der Waals surface area contributed by atoms with Crippen molar-refractivity contribution in [3.05, 3.63) is 53.1 Å². The fourth-order valence-electron chi connectivity index (χ4n) is 2.70. The Morgan fingerprint density at radius 3 is 2.27 bits per heavy atom. The summed E-state index contributed by atoms with van der Waals surface area (Å²) in [5.41, 5.74) is 3.73. The van der Waals surface area contributed by atoms with Crippen molar-refractivity contribution in [2.24, 2.45) is 0 Å². The van der Waals surface area contributed by atoms with Gasteiger partial charge in [0, 0.05) is 5.69 Å². The van der Waals surface area contributed by atoms with Crippen LogP contribution < -0.4 is 14.4 Å². The van der Waals surface area contributed by atoms with E-state index < -0.39 is 15.9 Å². The van der Waals surface area contributed by atoms with Gasteiger partial charge in [0.2, 0.25) is 15.9 Å². The number of methoxy groups -OCH3 is 1. The second-order valence-corrected chi connectivity index (χ2v) is 8.17. The zero-order valence-electron chi connectivity index (χ0n) is 15.7. The molecule has 1 N–H and O–H groups in total. The lowest BCUT2D eigenvalue weighted by atomic mass is 10.1. The van der Waals surface area contributed by atoms with Crippen molar-refractivity contribution in [2.75, 3.05) is 29.5 Å². The van der Waals surface area contributed by atoms with Gasteiger partial charge in [-0.05, 0) is 49.6 Å². The van der Waals surface area contributed by atoms with Crippen molar-refractivity contribution in [1.29, 1.82) is 0 Å². The van der Waals surface area contributed by atoms with Crippen LogP contribution in [0.25, 0.3) is 0 Å². The largest absolute Gasteiger partial charge is 0.495 e. The van der Waals surface area contributed by atoms with E-state index >= 15 is 0 Å². The Balaban J connectivity index is 2.36. The van der Waals surface area contributed by atoms with Gasteiger partial charge >= 0.3 is 0 Å². The number of benzene rings is 2. The average molecular weight is 376 g/mol. The van der Waals surface area contributed by atoms with Gasteiger partial charge in [0.25, 0.3) is 0 Å². The standard InChI is InChI=1S/C19H24N2O4S/c1-13-9-10-17(25-4)16(11-13)21(26(5,23)24)12-18(22)20-19-14(2)7-6-8-15(19)3/h6-11H,12H2,1-5H3,(H,20,22). The van der Waals surface area contributed by atoms with E-state index in [0.717, 1.165) is 27.3 Å². The molecule has 0 saturated carbocycles. The fourth-order valence-corrected chi connectivity index (χ4v) is 3.55. The second-order valence-electron chi connectivity index (χ2n) is 6.26. The zero-order valence-corrected chi connectivity index (χ0v) is 16.5. The lowest BCUT2D eigenvalue weighted by Crippen LogP contribution is -2.37. The first-order valence-electron chi connectivity index (χ1n) is 8.12. The first-order chi connectivity index (χ1) is 12.1. The highest BCUT2D eigenvalue weighted by atomic mass is 32.2. The Labute approximate surface area is 154 Å². The van der Waals surface area contributed by atoms with Gasteiger partial charge in [0.1, 0.15) is 12.3 Å². The van der Waals surface area contributed by atoms with Crippen LogP contribution in [-0.4, -0.2) is 34.2 Å². The van der Waals surface area contributed by atoms with Crippen LogP contribution in [0.4, 0.5) is 11.4 Å². The minimum Gasteiger partial charge on any atom is -0.495 e. The minimum atomic E-state index is -3.68. The van der Waals surface area contributed by atoms with E-state index in [2.05, 4.69) is 5.32 Å². The number of amides is 1. The number of carbonyl (C=O) groups is 1. The molecule has 0 aliphatic heterocycles. The molecule has 0 saturated heterocycles. The Hall–Kier alpha value is -2.54. The van der Waals surface area contributed by atoms with Crippen LogP contribution in [0, 0.1) is 20.8 Å². The van der Waals surface area contributed by atoms with Crippen molar-refractivity contribution < 1.29 is 17.9 Å². The molecule has 0 spiro atoms. The molecule has 0 fully saturated rings. The lowest BCUT2D eigenvalue weighted by molar-refractivity contribution is -0.114. The maximum atomic E-state index is 12.6. The number of aryl methyl sites for hydroxylation is 3. The number of hydrogen-bond acceptors (Lipinski definition) is 4. The van der Waals surface area contributed by atoms with Gasteiger partial charge in [0.05, 0.1) is 19.1 Å². The lowest BCUT2D eigenvalue weighted by Gasteiger charge is -2.24. The smallest absolute Gasteiger partial charge is 0.245 e. The number of sulfonamides is 1. The summed E-state index contributed by atoms with van der Waals surface area (Å²) in [6.45, 7) is 5.29. The number of nitrogens with one attached hydrogen (secondary N) is 1. The molecule has 1 amide bonds. The number of ether oxygens (including phenoxy) is 1. The summed E-state index contributed by atoms with van der Waals surface area (Å²) in [4.78, 5) is 12.6. The van der Waals surface area contributed by atoms with E-state index in [0.29, 0.717) is 17.1 Å². The predicted octanol–water partition coefficient (Wildman–Crippen LogP) is 3.03. The van der Waals surface area contributed by atoms with Crippen LogP contribution in [0.5, 0.6) is 5.75 Å². The summed E-state index contributed by atoms with van der Waals surface area (Å²) in [7, 11) is -2.22. The highest BCUT2D eigenvalue weighted by Gasteiger charge is 2.24. The number of anilines is 2. The topological polar surface area (TPSA) is 75.7 Å². The molecule has 2 rings (SSSR count). The molecule has 0 atom stereocenters. The molecular weight excluding hydrogens is 352 g/mol. The van der Waals surface area contributed by atoms with Crippen LogP contribution in [-0.2, 0) is 14.8 Å². The van der Waals surface area contributed by atoms with E-state index in [1.54, 1.807) is 12.1 Å². The van der Waals surface area contributed by atoms with Crippen LogP contribution in [0.3, 0.4) is 0 Å².